The minimum atomic E-state index is 0.682. The van der Waals surface area contributed by atoms with Crippen molar-refractivity contribution in [2.24, 2.45) is 0 Å². The number of alkyl halides is 1. The largest absolute Gasteiger partial charge is 0.491 e. The molecule has 0 amide bonds. The average molecular weight is 455 g/mol. The molecule has 1 heterocycles. The molecule has 5 heteroatoms. The molecule has 96 valence electrons. The highest BCUT2D eigenvalue weighted by Gasteiger charge is 2.08. The van der Waals surface area contributed by atoms with Crippen molar-refractivity contribution in [2.45, 2.75) is 11.8 Å². The summed E-state index contributed by atoms with van der Waals surface area (Å²) in [6.07, 6.45) is 0.933. The Balaban J connectivity index is 2.01. The fraction of sp³-hybridized carbons (Fsp3) is 0.231. The SMILES string of the molecule is BrCc1cc(Br)c(OCCc2ccsc2)c(Br)c1. The molecular formula is C13H11Br3OS. The third-order valence-corrected chi connectivity index (χ3v) is 4.99. The third-order valence-electron chi connectivity index (χ3n) is 2.43. The van der Waals surface area contributed by atoms with Gasteiger partial charge in [0.1, 0.15) is 5.75 Å². The van der Waals surface area contributed by atoms with Crippen LogP contribution in [0.1, 0.15) is 11.1 Å². The quantitative estimate of drug-likeness (QED) is 0.519. The summed E-state index contributed by atoms with van der Waals surface area (Å²) < 4.78 is 7.80. The summed E-state index contributed by atoms with van der Waals surface area (Å²) in [5, 5.41) is 5.08. The first-order valence-corrected chi connectivity index (χ1v) is 9.03. The minimum Gasteiger partial charge on any atom is -0.491 e. The molecule has 1 aromatic heterocycles. The van der Waals surface area contributed by atoms with Gasteiger partial charge in [-0.3, -0.25) is 0 Å². The predicted molar refractivity (Wildman–Crippen MR) is 88.0 cm³/mol. The lowest BCUT2D eigenvalue weighted by molar-refractivity contribution is 0.318. The van der Waals surface area contributed by atoms with Gasteiger partial charge in [-0.2, -0.15) is 11.3 Å². The smallest absolute Gasteiger partial charge is 0.147 e. The van der Waals surface area contributed by atoms with Crippen molar-refractivity contribution in [1.82, 2.24) is 0 Å². The van der Waals surface area contributed by atoms with Gasteiger partial charge in [0.15, 0.2) is 0 Å². The number of rotatable bonds is 5. The fourth-order valence-corrected chi connectivity index (χ4v) is 4.07. The lowest BCUT2D eigenvalue weighted by Crippen LogP contribution is -2.02. The minimum absolute atomic E-state index is 0.682. The van der Waals surface area contributed by atoms with Crippen LogP contribution in [0.25, 0.3) is 0 Å². The highest BCUT2D eigenvalue weighted by atomic mass is 79.9. The summed E-state index contributed by atoms with van der Waals surface area (Å²) in [6, 6.07) is 6.27. The van der Waals surface area contributed by atoms with Gasteiger partial charge in [-0.15, -0.1) is 0 Å². The first kappa shape index (κ1) is 14.6. The molecule has 0 aliphatic rings. The molecule has 0 spiro atoms. The van der Waals surface area contributed by atoms with Crippen molar-refractivity contribution in [3.05, 3.63) is 49.0 Å². The zero-order chi connectivity index (χ0) is 13.0. The van der Waals surface area contributed by atoms with Crippen LogP contribution in [0.2, 0.25) is 0 Å². The van der Waals surface area contributed by atoms with Crippen LogP contribution >= 0.6 is 59.1 Å². The fourth-order valence-electron chi connectivity index (χ4n) is 1.53. The van der Waals surface area contributed by atoms with E-state index in [0.29, 0.717) is 6.61 Å². The molecule has 1 nitrogen and oxygen atoms in total. The van der Waals surface area contributed by atoms with E-state index in [2.05, 4.69) is 76.7 Å². The van der Waals surface area contributed by atoms with Gasteiger partial charge in [0.05, 0.1) is 15.6 Å². The Morgan fingerprint density at radius 2 is 1.83 bits per heavy atom. The topological polar surface area (TPSA) is 9.23 Å². The molecule has 0 unspecified atom stereocenters. The van der Waals surface area contributed by atoms with E-state index in [-0.39, 0.29) is 0 Å². The molecule has 0 aliphatic carbocycles. The molecule has 0 bridgehead atoms. The Labute approximate surface area is 136 Å². The molecule has 0 fully saturated rings. The number of benzene rings is 1. The molecule has 2 aromatic rings. The van der Waals surface area contributed by atoms with E-state index in [4.69, 9.17) is 4.74 Å². The molecule has 0 saturated heterocycles. The van der Waals surface area contributed by atoms with E-state index < -0.39 is 0 Å². The van der Waals surface area contributed by atoms with E-state index in [1.165, 1.54) is 11.1 Å². The van der Waals surface area contributed by atoms with E-state index in [0.717, 1.165) is 26.4 Å². The summed E-state index contributed by atoms with van der Waals surface area (Å²) in [4.78, 5) is 0. The molecule has 18 heavy (non-hydrogen) atoms. The Bertz CT molecular complexity index is 488. The molecule has 0 radical (unpaired) electrons. The second kappa shape index (κ2) is 7.08. The number of hydrogen-bond donors (Lipinski definition) is 0. The van der Waals surface area contributed by atoms with E-state index in [1.54, 1.807) is 11.3 Å². The molecule has 1 aromatic carbocycles. The molecular weight excluding hydrogens is 444 g/mol. The van der Waals surface area contributed by atoms with Gasteiger partial charge in [-0.25, -0.2) is 0 Å². The second-order valence-electron chi connectivity index (χ2n) is 3.75. The van der Waals surface area contributed by atoms with Gasteiger partial charge in [0.25, 0.3) is 0 Å². The van der Waals surface area contributed by atoms with Gasteiger partial charge in [-0.05, 0) is 71.9 Å². The third kappa shape index (κ3) is 3.83. The Hall–Kier alpha value is 0.160. The first-order valence-electron chi connectivity index (χ1n) is 5.38. The van der Waals surface area contributed by atoms with Crippen LogP contribution in [0, 0.1) is 0 Å². The molecule has 2 rings (SSSR count). The lowest BCUT2D eigenvalue weighted by Gasteiger charge is -2.11. The zero-order valence-corrected chi connectivity index (χ0v) is 15.0. The van der Waals surface area contributed by atoms with Crippen LogP contribution in [0.5, 0.6) is 5.75 Å². The van der Waals surface area contributed by atoms with Crippen molar-refractivity contribution in [1.29, 1.82) is 0 Å². The maximum Gasteiger partial charge on any atom is 0.147 e. The standard InChI is InChI=1S/C13H11Br3OS/c14-7-10-5-11(15)13(12(16)6-10)17-3-1-9-2-4-18-8-9/h2,4-6,8H,1,3,7H2. The first-order chi connectivity index (χ1) is 8.70. The Kier molecular flexibility index (Phi) is 5.73. The van der Waals surface area contributed by atoms with Gasteiger partial charge < -0.3 is 4.74 Å². The van der Waals surface area contributed by atoms with Crippen LogP contribution in [-0.4, -0.2) is 6.61 Å². The van der Waals surface area contributed by atoms with Crippen LogP contribution in [0.3, 0.4) is 0 Å². The average Bonchev–Trinajstić information content (AvgIpc) is 2.85. The normalized spacial score (nSPS) is 10.6. The van der Waals surface area contributed by atoms with Crippen molar-refractivity contribution >= 4 is 59.1 Å². The Morgan fingerprint density at radius 1 is 1.11 bits per heavy atom. The monoisotopic (exact) mass is 452 g/mol. The summed E-state index contributed by atoms with van der Waals surface area (Å²) in [5.74, 6) is 0.870. The maximum atomic E-state index is 5.84. The van der Waals surface area contributed by atoms with Gasteiger partial charge >= 0.3 is 0 Å². The van der Waals surface area contributed by atoms with Crippen LogP contribution in [0.15, 0.2) is 37.9 Å². The van der Waals surface area contributed by atoms with Crippen LogP contribution in [0.4, 0.5) is 0 Å². The molecule has 0 N–H and O–H groups in total. The zero-order valence-electron chi connectivity index (χ0n) is 9.46. The summed E-state index contributed by atoms with van der Waals surface area (Å²) in [5.41, 5.74) is 2.53. The number of ether oxygens (including phenoxy) is 1. The van der Waals surface area contributed by atoms with E-state index in [1.807, 2.05) is 0 Å². The van der Waals surface area contributed by atoms with E-state index >= 15 is 0 Å². The van der Waals surface area contributed by atoms with Crippen LogP contribution < -0.4 is 4.74 Å². The predicted octanol–water partition coefficient (Wildman–Crippen LogP) is 5.79. The summed E-state index contributed by atoms with van der Waals surface area (Å²) >= 11 is 12.3. The molecule has 0 saturated carbocycles. The molecule has 0 aliphatic heterocycles. The van der Waals surface area contributed by atoms with Gasteiger partial charge in [0, 0.05) is 11.8 Å². The number of halogens is 3. The summed E-state index contributed by atoms with van der Waals surface area (Å²) in [6.45, 7) is 0.682. The van der Waals surface area contributed by atoms with Crippen molar-refractivity contribution < 1.29 is 4.74 Å². The van der Waals surface area contributed by atoms with Gasteiger partial charge in [-0.1, -0.05) is 15.9 Å². The second-order valence-corrected chi connectivity index (χ2v) is 6.80. The van der Waals surface area contributed by atoms with E-state index in [9.17, 15) is 0 Å². The molecule has 0 atom stereocenters. The van der Waals surface area contributed by atoms with Gasteiger partial charge in [0.2, 0.25) is 0 Å². The number of hydrogen-bond acceptors (Lipinski definition) is 2. The lowest BCUT2D eigenvalue weighted by atomic mass is 10.2. The number of thiophene rings is 1. The highest BCUT2D eigenvalue weighted by molar-refractivity contribution is 9.11. The highest BCUT2D eigenvalue weighted by Crippen LogP contribution is 2.35. The maximum absolute atomic E-state index is 5.84. The van der Waals surface area contributed by atoms with Crippen molar-refractivity contribution in [3.63, 3.8) is 0 Å². The van der Waals surface area contributed by atoms with Crippen molar-refractivity contribution in [3.8, 4) is 5.75 Å². The van der Waals surface area contributed by atoms with Crippen molar-refractivity contribution in [2.75, 3.05) is 6.61 Å². The van der Waals surface area contributed by atoms with Crippen LogP contribution in [-0.2, 0) is 11.8 Å². The summed E-state index contributed by atoms with van der Waals surface area (Å²) in [7, 11) is 0. The Morgan fingerprint density at radius 3 is 2.39 bits per heavy atom.